The summed E-state index contributed by atoms with van der Waals surface area (Å²) in [5, 5.41) is 2.76. The van der Waals surface area contributed by atoms with Crippen molar-refractivity contribution >= 4 is 11.6 Å². The minimum absolute atomic E-state index is 0.103. The second kappa shape index (κ2) is 9.08. The Kier molecular flexibility index (Phi) is 6.23. The molecule has 32 heavy (non-hydrogen) atoms. The molecule has 4 rings (SSSR count). The van der Waals surface area contributed by atoms with Crippen LogP contribution in [0.4, 0.5) is 18.9 Å². The molecule has 0 aliphatic heterocycles. The van der Waals surface area contributed by atoms with Gasteiger partial charge in [0.05, 0.1) is 17.4 Å². The molecule has 0 radical (unpaired) electrons. The number of aryl methyl sites for hydroxylation is 1. The molecule has 1 aliphatic carbocycles. The molecule has 0 saturated heterocycles. The Bertz CT molecular complexity index is 1170. The van der Waals surface area contributed by atoms with E-state index in [1.54, 1.807) is 6.20 Å². The second-order valence-electron chi connectivity index (χ2n) is 8.12. The van der Waals surface area contributed by atoms with E-state index in [4.69, 9.17) is 5.73 Å². The quantitative estimate of drug-likeness (QED) is 0.591. The normalized spacial score (nSPS) is 18.4. The van der Waals surface area contributed by atoms with E-state index in [0.29, 0.717) is 5.69 Å². The maximum atomic E-state index is 14.5. The second-order valence-corrected chi connectivity index (χ2v) is 8.12. The molecule has 1 aromatic carbocycles. The molecule has 2 heterocycles. The summed E-state index contributed by atoms with van der Waals surface area (Å²) in [4.78, 5) is 20.9. The molecule has 0 bridgehead atoms. The smallest absolute Gasteiger partial charge is 0.274 e. The van der Waals surface area contributed by atoms with Crippen LogP contribution in [0.2, 0.25) is 0 Å². The summed E-state index contributed by atoms with van der Waals surface area (Å²) in [7, 11) is 0. The van der Waals surface area contributed by atoms with Gasteiger partial charge in [-0.2, -0.15) is 0 Å². The zero-order valence-electron chi connectivity index (χ0n) is 17.5. The van der Waals surface area contributed by atoms with E-state index in [1.807, 2.05) is 6.07 Å². The van der Waals surface area contributed by atoms with E-state index in [1.165, 1.54) is 25.3 Å². The van der Waals surface area contributed by atoms with Crippen LogP contribution in [0, 0.1) is 24.4 Å². The zero-order valence-corrected chi connectivity index (χ0v) is 17.5. The van der Waals surface area contributed by atoms with Gasteiger partial charge in [0.15, 0.2) is 0 Å². The summed E-state index contributed by atoms with van der Waals surface area (Å²) in [5.41, 5.74) is 6.36. The average Bonchev–Trinajstić information content (AvgIpc) is 2.78. The third-order valence-corrected chi connectivity index (χ3v) is 5.86. The number of halogens is 3. The van der Waals surface area contributed by atoms with Gasteiger partial charge in [0.2, 0.25) is 0 Å². The number of hydrogen-bond acceptors (Lipinski definition) is 4. The number of pyridine rings is 2. The van der Waals surface area contributed by atoms with Crippen molar-refractivity contribution in [3.8, 4) is 11.3 Å². The SMILES string of the molecule is Cc1ccc(F)c(-c2nc(C(=O)Nc3cnccc3[C@@H]3CCC[C@H](N)C3)ccc2F)c1F. The maximum Gasteiger partial charge on any atom is 0.274 e. The van der Waals surface area contributed by atoms with E-state index >= 15 is 0 Å². The number of benzene rings is 1. The summed E-state index contributed by atoms with van der Waals surface area (Å²) in [6, 6.07) is 6.39. The van der Waals surface area contributed by atoms with Gasteiger partial charge < -0.3 is 11.1 Å². The van der Waals surface area contributed by atoms with Crippen LogP contribution in [-0.4, -0.2) is 21.9 Å². The van der Waals surface area contributed by atoms with Crippen molar-refractivity contribution in [1.29, 1.82) is 0 Å². The Balaban J connectivity index is 1.65. The predicted molar refractivity (Wildman–Crippen MR) is 116 cm³/mol. The lowest BCUT2D eigenvalue weighted by Crippen LogP contribution is -2.27. The van der Waals surface area contributed by atoms with E-state index < -0.39 is 34.6 Å². The van der Waals surface area contributed by atoms with Crippen LogP contribution in [-0.2, 0) is 0 Å². The van der Waals surface area contributed by atoms with Crippen molar-refractivity contribution in [1.82, 2.24) is 9.97 Å². The predicted octanol–water partition coefficient (Wildman–Crippen LogP) is 5.11. The van der Waals surface area contributed by atoms with Crippen LogP contribution in [0.1, 0.15) is 53.2 Å². The summed E-state index contributed by atoms with van der Waals surface area (Å²) in [6.07, 6.45) is 6.92. The fourth-order valence-corrected chi connectivity index (χ4v) is 4.18. The Labute approximate surface area is 183 Å². The highest BCUT2D eigenvalue weighted by Crippen LogP contribution is 2.36. The van der Waals surface area contributed by atoms with Gasteiger partial charge >= 0.3 is 0 Å². The highest BCUT2D eigenvalue weighted by atomic mass is 19.1. The Morgan fingerprint density at radius 1 is 1.09 bits per heavy atom. The first-order valence-corrected chi connectivity index (χ1v) is 10.5. The Morgan fingerprint density at radius 3 is 2.66 bits per heavy atom. The number of nitrogens with zero attached hydrogens (tertiary/aromatic N) is 2. The van der Waals surface area contributed by atoms with Crippen LogP contribution >= 0.6 is 0 Å². The number of anilines is 1. The number of nitrogens with one attached hydrogen (secondary N) is 1. The number of hydrogen-bond donors (Lipinski definition) is 2. The van der Waals surface area contributed by atoms with Gasteiger partial charge in [-0.25, -0.2) is 18.2 Å². The minimum atomic E-state index is -0.958. The number of nitrogens with two attached hydrogens (primary N) is 1. The van der Waals surface area contributed by atoms with Gasteiger partial charge in [-0.05, 0) is 67.5 Å². The fourth-order valence-electron chi connectivity index (χ4n) is 4.18. The Morgan fingerprint density at radius 2 is 1.88 bits per heavy atom. The molecule has 1 aliphatic rings. The molecule has 2 aromatic heterocycles. The lowest BCUT2D eigenvalue weighted by Gasteiger charge is -2.28. The monoisotopic (exact) mass is 440 g/mol. The van der Waals surface area contributed by atoms with Gasteiger partial charge in [-0.3, -0.25) is 9.78 Å². The highest BCUT2D eigenvalue weighted by molar-refractivity contribution is 6.03. The van der Waals surface area contributed by atoms with Gasteiger partial charge in [-0.1, -0.05) is 12.5 Å². The third kappa shape index (κ3) is 4.36. The molecular formula is C24H23F3N4O. The molecule has 166 valence electrons. The van der Waals surface area contributed by atoms with Gasteiger partial charge in [0.25, 0.3) is 5.91 Å². The standard InChI is InChI=1S/C24H23F3N4O/c1-13-5-6-17(25)21(22(13)27)23-18(26)7-8-19(30-23)24(32)31-20-12-29-10-9-16(20)14-3-2-4-15(28)11-14/h5-10,12,14-15H,2-4,11,28H2,1H3,(H,31,32)/t14-,15+/m1/s1. The molecular weight excluding hydrogens is 417 g/mol. The van der Waals surface area contributed by atoms with Crippen LogP contribution in [0.25, 0.3) is 11.3 Å². The van der Waals surface area contributed by atoms with E-state index in [-0.39, 0.29) is 23.2 Å². The first-order chi connectivity index (χ1) is 15.3. The Hall–Kier alpha value is -3.26. The van der Waals surface area contributed by atoms with Gasteiger partial charge in [0, 0.05) is 12.2 Å². The molecule has 3 aromatic rings. The topological polar surface area (TPSA) is 80.9 Å². The number of carbonyl (C=O) groups excluding carboxylic acids is 1. The highest BCUT2D eigenvalue weighted by Gasteiger charge is 2.25. The number of rotatable bonds is 4. The molecule has 8 heteroatoms. The molecule has 0 spiro atoms. The molecule has 0 unspecified atom stereocenters. The summed E-state index contributed by atoms with van der Waals surface area (Å²) >= 11 is 0. The number of carbonyl (C=O) groups is 1. The van der Waals surface area contributed by atoms with Crippen LogP contribution in [0.3, 0.4) is 0 Å². The lowest BCUT2D eigenvalue weighted by atomic mass is 9.81. The van der Waals surface area contributed by atoms with Crippen molar-refractivity contribution in [2.45, 2.75) is 44.6 Å². The fraction of sp³-hybridized carbons (Fsp3) is 0.292. The summed E-state index contributed by atoms with van der Waals surface area (Å²) < 4.78 is 43.3. The van der Waals surface area contributed by atoms with E-state index in [2.05, 4.69) is 15.3 Å². The van der Waals surface area contributed by atoms with Crippen molar-refractivity contribution in [2.75, 3.05) is 5.32 Å². The lowest BCUT2D eigenvalue weighted by molar-refractivity contribution is 0.102. The minimum Gasteiger partial charge on any atom is -0.328 e. The molecule has 1 amide bonds. The summed E-state index contributed by atoms with van der Waals surface area (Å²) in [5.74, 6) is -3.25. The molecule has 5 nitrogen and oxygen atoms in total. The molecule has 1 fully saturated rings. The van der Waals surface area contributed by atoms with Crippen LogP contribution in [0.5, 0.6) is 0 Å². The maximum absolute atomic E-state index is 14.5. The van der Waals surface area contributed by atoms with E-state index in [9.17, 15) is 18.0 Å². The van der Waals surface area contributed by atoms with Crippen molar-refractivity contribution in [3.63, 3.8) is 0 Å². The first kappa shape index (κ1) is 22.0. The third-order valence-electron chi connectivity index (χ3n) is 5.86. The average molecular weight is 440 g/mol. The van der Waals surface area contributed by atoms with Crippen LogP contribution < -0.4 is 11.1 Å². The van der Waals surface area contributed by atoms with Crippen molar-refractivity contribution in [2.24, 2.45) is 5.73 Å². The molecule has 2 atom stereocenters. The van der Waals surface area contributed by atoms with E-state index in [0.717, 1.165) is 43.4 Å². The summed E-state index contributed by atoms with van der Waals surface area (Å²) in [6.45, 7) is 1.44. The number of amides is 1. The largest absolute Gasteiger partial charge is 0.328 e. The molecule has 1 saturated carbocycles. The number of aromatic nitrogens is 2. The van der Waals surface area contributed by atoms with Crippen molar-refractivity contribution < 1.29 is 18.0 Å². The van der Waals surface area contributed by atoms with Crippen LogP contribution in [0.15, 0.2) is 42.7 Å². The van der Waals surface area contributed by atoms with Crippen molar-refractivity contribution in [3.05, 3.63) is 77.0 Å². The zero-order chi connectivity index (χ0) is 22.8. The van der Waals surface area contributed by atoms with Gasteiger partial charge in [0.1, 0.15) is 28.8 Å². The van der Waals surface area contributed by atoms with Gasteiger partial charge in [-0.15, -0.1) is 0 Å². The molecule has 3 N–H and O–H groups in total. The first-order valence-electron chi connectivity index (χ1n) is 10.5.